The summed E-state index contributed by atoms with van der Waals surface area (Å²) >= 11 is 0. The van der Waals surface area contributed by atoms with Crippen molar-refractivity contribution in [2.24, 2.45) is 5.92 Å². The lowest BCUT2D eigenvalue weighted by molar-refractivity contribution is -0.384. The summed E-state index contributed by atoms with van der Waals surface area (Å²) in [5.41, 5.74) is 1.59. The van der Waals surface area contributed by atoms with Gasteiger partial charge in [-0.3, -0.25) is 14.9 Å². The molecule has 4 rings (SSSR count). The second-order valence-corrected chi connectivity index (χ2v) is 7.08. The molecule has 138 valence electrons. The molecule has 0 unspecified atom stereocenters. The van der Waals surface area contributed by atoms with E-state index in [4.69, 9.17) is 0 Å². The predicted molar refractivity (Wildman–Crippen MR) is 105 cm³/mol. The number of nitro benzene ring substituents is 1. The third-order valence-electron chi connectivity index (χ3n) is 5.27. The number of hydrogen-bond acceptors (Lipinski definition) is 5. The van der Waals surface area contributed by atoms with Gasteiger partial charge in [-0.05, 0) is 30.9 Å². The van der Waals surface area contributed by atoms with E-state index in [1.54, 1.807) is 30.3 Å². The Balaban J connectivity index is 1.82. The van der Waals surface area contributed by atoms with E-state index < -0.39 is 0 Å². The Morgan fingerprint density at radius 1 is 1.15 bits per heavy atom. The van der Waals surface area contributed by atoms with Gasteiger partial charge in [0.05, 0.1) is 16.0 Å². The highest BCUT2D eigenvalue weighted by Crippen LogP contribution is 2.35. The number of nitro groups is 1. The minimum absolute atomic E-state index is 0.0686. The van der Waals surface area contributed by atoms with Crippen LogP contribution in [-0.4, -0.2) is 28.2 Å². The van der Waals surface area contributed by atoms with Crippen LogP contribution >= 0.6 is 0 Å². The maximum absolute atomic E-state index is 12.0. The Labute approximate surface area is 155 Å². The summed E-state index contributed by atoms with van der Waals surface area (Å²) in [4.78, 5) is 25.5. The summed E-state index contributed by atoms with van der Waals surface area (Å²) < 4.78 is 0. The molecule has 0 spiro atoms. The van der Waals surface area contributed by atoms with Crippen LogP contribution in [0.3, 0.4) is 0 Å². The van der Waals surface area contributed by atoms with Gasteiger partial charge in [-0.15, -0.1) is 0 Å². The van der Waals surface area contributed by atoms with E-state index in [0.29, 0.717) is 33.6 Å². The molecule has 0 atom stereocenters. The van der Waals surface area contributed by atoms with Crippen LogP contribution in [0.5, 0.6) is 0 Å². The molecule has 0 saturated carbocycles. The highest BCUT2D eigenvalue weighted by Gasteiger charge is 2.24. The van der Waals surface area contributed by atoms with E-state index in [0.717, 1.165) is 25.9 Å². The fourth-order valence-corrected chi connectivity index (χ4v) is 3.67. The van der Waals surface area contributed by atoms with Crippen molar-refractivity contribution < 1.29 is 4.92 Å². The standard InChI is InChI=1S/C20H20N4O3/c1-13-8-10-23(11-9-13)17-7-6-14(12-18(17)24(26)27)19-15-4-2-3-5-16(15)20(25)22-21-19/h2-7,12-13H,8-11H2,1H3,(H,22,25). The first-order valence-electron chi connectivity index (χ1n) is 9.06. The molecule has 1 aliphatic rings. The molecule has 2 heterocycles. The van der Waals surface area contributed by atoms with Crippen LogP contribution in [0, 0.1) is 16.0 Å². The van der Waals surface area contributed by atoms with Gasteiger partial charge < -0.3 is 4.90 Å². The Morgan fingerprint density at radius 3 is 2.56 bits per heavy atom. The maximum atomic E-state index is 12.0. The van der Waals surface area contributed by atoms with Gasteiger partial charge in [0.1, 0.15) is 5.69 Å². The van der Waals surface area contributed by atoms with Gasteiger partial charge in [-0.1, -0.05) is 31.2 Å². The van der Waals surface area contributed by atoms with E-state index in [2.05, 4.69) is 22.0 Å². The smallest absolute Gasteiger partial charge is 0.293 e. The lowest BCUT2D eigenvalue weighted by atomic mass is 9.98. The van der Waals surface area contributed by atoms with E-state index in [1.807, 2.05) is 12.1 Å². The molecule has 1 saturated heterocycles. The molecule has 0 aliphatic carbocycles. The lowest BCUT2D eigenvalue weighted by Gasteiger charge is -2.31. The first kappa shape index (κ1) is 17.2. The molecule has 7 nitrogen and oxygen atoms in total. The Kier molecular flexibility index (Phi) is 4.35. The van der Waals surface area contributed by atoms with Gasteiger partial charge in [0, 0.05) is 30.1 Å². The maximum Gasteiger partial charge on any atom is 0.293 e. The number of H-pyrrole nitrogens is 1. The highest BCUT2D eigenvalue weighted by atomic mass is 16.6. The molecule has 0 bridgehead atoms. The number of aromatic amines is 1. The number of nitrogens with one attached hydrogen (secondary N) is 1. The number of aromatic nitrogens is 2. The molecule has 27 heavy (non-hydrogen) atoms. The van der Waals surface area contributed by atoms with Crippen LogP contribution in [0.1, 0.15) is 19.8 Å². The second kappa shape index (κ2) is 6.83. The van der Waals surface area contributed by atoms with Crippen molar-refractivity contribution in [1.29, 1.82) is 0 Å². The van der Waals surface area contributed by atoms with Crippen LogP contribution in [0.25, 0.3) is 22.0 Å². The summed E-state index contributed by atoms with van der Waals surface area (Å²) in [6.45, 7) is 3.85. The number of benzene rings is 2. The molecular weight excluding hydrogens is 344 g/mol. The average Bonchev–Trinajstić information content (AvgIpc) is 2.69. The zero-order valence-electron chi connectivity index (χ0n) is 15.0. The number of rotatable bonds is 3. The second-order valence-electron chi connectivity index (χ2n) is 7.08. The minimum atomic E-state index is -0.343. The summed E-state index contributed by atoms with van der Waals surface area (Å²) in [7, 11) is 0. The van der Waals surface area contributed by atoms with Crippen LogP contribution in [0.15, 0.2) is 47.3 Å². The largest absolute Gasteiger partial charge is 0.366 e. The van der Waals surface area contributed by atoms with E-state index >= 15 is 0 Å². The predicted octanol–water partition coefficient (Wildman–Crippen LogP) is 3.73. The van der Waals surface area contributed by atoms with Gasteiger partial charge in [-0.2, -0.15) is 5.10 Å². The minimum Gasteiger partial charge on any atom is -0.366 e. The van der Waals surface area contributed by atoms with Crippen LogP contribution < -0.4 is 10.5 Å². The van der Waals surface area contributed by atoms with Crippen molar-refractivity contribution in [3.63, 3.8) is 0 Å². The SMILES string of the molecule is CC1CCN(c2ccc(-c3n[nH]c(=O)c4ccccc34)cc2[N+](=O)[O-])CC1. The van der Waals surface area contributed by atoms with Crippen molar-refractivity contribution in [3.8, 4) is 11.3 Å². The quantitative estimate of drug-likeness (QED) is 0.565. The fourth-order valence-electron chi connectivity index (χ4n) is 3.67. The number of anilines is 1. The first-order chi connectivity index (χ1) is 13.0. The van der Waals surface area contributed by atoms with Gasteiger partial charge in [-0.25, -0.2) is 5.10 Å². The molecule has 0 amide bonds. The van der Waals surface area contributed by atoms with Crippen LogP contribution in [0.2, 0.25) is 0 Å². The topological polar surface area (TPSA) is 92.1 Å². The monoisotopic (exact) mass is 364 g/mol. The van der Waals surface area contributed by atoms with Gasteiger partial charge in [0.25, 0.3) is 11.2 Å². The molecule has 0 radical (unpaired) electrons. The summed E-state index contributed by atoms with van der Waals surface area (Å²) in [5, 5.41) is 19.6. The van der Waals surface area contributed by atoms with Gasteiger partial charge >= 0.3 is 0 Å². The third kappa shape index (κ3) is 3.16. The Bertz CT molecular complexity index is 1070. The molecule has 1 aromatic heterocycles. The summed E-state index contributed by atoms with van der Waals surface area (Å²) in [6.07, 6.45) is 2.07. The number of hydrogen-bond donors (Lipinski definition) is 1. The lowest BCUT2D eigenvalue weighted by Crippen LogP contribution is -2.33. The molecule has 1 fully saturated rings. The number of fused-ring (bicyclic) bond motifs is 1. The van der Waals surface area contributed by atoms with Crippen molar-refractivity contribution in [3.05, 3.63) is 62.9 Å². The Hall–Kier alpha value is -3.22. The zero-order valence-corrected chi connectivity index (χ0v) is 15.0. The molecule has 1 N–H and O–H groups in total. The van der Waals surface area contributed by atoms with Crippen molar-refractivity contribution in [2.75, 3.05) is 18.0 Å². The van der Waals surface area contributed by atoms with Gasteiger partial charge in [0.15, 0.2) is 0 Å². The molecule has 3 aromatic rings. The summed E-state index contributed by atoms with van der Waals surface area (Å²) in [5.74, 6) is 0.649. The average molecular weight is 364 g/mol. The van der Waals surface area contributed by atoms with Crippen molar-refractivity contribution in [2.45, 2.75) is 19.8 Å². The van der Waals surface area contributed by atoms with Crippen LogP contribution in [0.4, 0.5) is 11.4 Å². The molecule has 2 aromatic carbocycles. The van der Waals surface area contributed by atoms with Crippen LogP contribution in [-0.2, 0) is 0 Å². The molecule has 1 aliphatic heterocycles. The Morgan fingerprint density at radius 2 is 1.85 bits per heavy atom. The fraction of sp³-hybridized carbons (Fsp3) is 0.300. The molecule has 7 heteroatoms. The normalized spacial score (nSPS) is 15.2. The van der Waals surface area contributed by atoms with Crippen molar-refractivity contribution >= 4 is 22.1 Å². The highest BCUT2D eigenvalue weighted by molar-refractivity contribution is 5.94. The van der Waals surface area contributed by atoms with Gasteiger partial charge in [0.2, 0.25) is 0 Å². The molecular formula is C20H20N4O3. The van der Waals surface area contributed by atoms with E-state index in [1.165, 1.54) is 0 Å². The zero-order chi connectivity index (χ0) is 19.0. The first-order valence-corrected chi connectivity index (χ1v) is 9.06. The third-order valence-corrected chi connectivity index (χ3v) is 5.27. The number of piperidine rings is 1. The van der Waals surface area contributed by atoms with E-state index in [-0.39, 0.29) is 16.2 Å². The summed E-state index contributed by atoms with van der Waals surface area (Å²) in [6, 6.07) is 12.3. The van der Waals surface area contributed by atoms with Crippen molar-refractivity contribution in [1.82, 2.24) is 10.2 Å². The van der Waals surface area contributed by atoms with E-state index in [9.17, 15) is 14.9 Å². The number of nitrogens with zero attached hydrogens (tertiary/aromatic N) is 3.